The van der Waals surface area contributed by atoms with Crippen molar-refractivity contribution in [1.82, 2.24) is 0 Å². The van der Waals surface area contributed by atoms with Crippen molar-refractivity contribution in [2.24, 2.45) is 0 Å². The van der Waals surface area contributed by atoms with Crippen LogP contribution in [-0.4, -0.2) is 10.2 Å². The highest BCUT2D eigenvalue weighted by Crippen LogP contribution is 2.38. The molecule has 0 radical (unpaired) electrons. The Balaban J connectivity index is 2.45. The van der Waals surface area contributed by atoms with Gasteiger partial charge in [-0.3, -0.25) is 0 Å². The topological polar surface area (TPSA) is 34.1 Å². The molecule has 0 spiro atoms. The van der Waals surface area contributed by atoms with Crippen LogP contribution in [0.15, 0.2) is 72.8 Å². The van der Waals surface area contributed by atoms with Crippen LogP contribution < -0.4 is 0 Å². The lowest BCUT2D eigenvalue weighted by Crippen LogP contribution is -2.05. The first-order chi connectivity index (χ1) is 11.6. The van der Waals surface area contributed by atoms with Gasteiger partial charge in [0.15, 0.2) is 0 Å². The molecule has 0 aliphatic heterocycles. The zero-order valence-corrected chi connectivity index (χ0v) is 14.2. The zero-order chi connectivity index (χ0) is 17.1. The van der Waals surface area contributed by atoms with Gasteiger partial charge in [-0.2, -0.15) is 0 Å². The summed E-state index contributed by atoms with van der Waals surface area (Å²) in [5.41, 5.74) is 3.74. The average molecular weight is 348 g/mol. The van der Waals surface area contributed by atoms with Crippen molar-refractivity contribution in [3.05, 3.63) is 83.9 Å². The van der Waals surface area contributed by atoms with E-state index in [0.29, 0.717) is 22.3 Å². The van der Waals surface area contributed by atoms with Gasteiger partial charge in [0.05, 0.1) is 0 Å². The first-order valence-corrected chi connectivity index (χ1v) is 8.12. The summed E-state index contributed by atoms with van der Waals surface area (Å²) >= 11 is 9.80. The predicted molar refractivity (Wildman–Crippen MR) is 101 cm³/mol. The molecule has 3 aromatic carbocycles. The highest BCUT2D eigenvalue weighted by molar-refractivity contribution is 7.78. The van der Waals surface area contributed by atoms with Crippen LogP contribution >= 0.6 is 0 Å². The number of benzene rings is 3. The Kier molecular flexibility index (Phi) is 4.69. The Hall–Kier alpha value is -2.56. The molecule has 4 heteroatoms. The monoisotopic (exact) mass is 348 g/mol. The molecule has 0 saturated carbocycles. The van der Waals surface area contributed by atoms with E-state index in [-0.39, 0.29) is 0 Å². The summed E-state index contributed by atoms with van der Waals surface area (Å²) in [6.45, 7) is 0. The fourth-order valence-corrected chi connectivity index (χ4v) is 3.09. The molecule has 0 N–H and O–H groups in total. The molecular formula is C20H12O2S2-2. The van der Waals surface area contributed by atoms with Crippen molar-refractivity contribution in [3.63, 3.8) is 0 Å². The molecule has 0 amide bonds. The van der Waals surface area contributed by atoms with E-state index >= 15 is 0 Å². The lowest BCUT2D eigenvalue weighted by Gasteiger charge is -2.21. The molecule has 0 heterocycles. The van der Waals surface area contributed by atoms with Gasteiger partial charge < -0.3 is 34.8 Å². The third kappa shape index (κ3) is 3.07. The van der Waals surface area contributed by atoms with E-state index in [9.17, 15) is 9.59 Å². The minimum atomic E-state index is -0.464. The minimum Gasteiger partial charge on any atom is -0.737 e. The van der Waals surface area contributed by atoms with Crippen molar-refractivity contribution in [1.29, 1.82) is 0 Å². The Labute approximate surface area is 151 Å². The van der Waals surface area contributed by atoms with Gasteiger partial charge in [0.2, 0.25) is 0 Å². The molecule has 118 valence electrons. The summed E-state index contributed by atoms with van der Waals surface area (Å²) in [6.07, 6.45) is 0. The average Bonchev–Trinajstić information content (AvgIpc) is 2.61. The largest absolute Gasteiger partial charge is 0.737 e. The van der Waals surface area contributed by atoms with Gasteiger partial charge in [-0.15, -0.1) is 0 Å². The van der Waals surface area contributed by atoms with Crippen LogP contribution in [0.2, 0.25) is 0 Å². The summed E-state index contributed by atoms with van der Waals surface area (Å²) in [5.74, 6) is 0. The van der Waals surface area contributed by atoms with Crippen LogP contribution in [0.25, 0.3) is 22.3 Å². The summed E-state index contributed by atoms with van der Waals surface area (Å²) in [7, 11) is 0. The van der Waals surface area contributed by atoms with Crippen LogP contribution in [0.1, 0.15) is 20.7 Å². The van der Waals surface area contributed by atoms with Gasteiger partial charge in [0.25, 0.3) is 0 Å². The van der Waals surface area contributed by atoms with E-state index in [0.717, 1.165) is 11.1 Å². The van der Waals surface area contributed by atoms with Gasteiger partial charge in [-0.1, -0.05) is 72.8 Å². The van der Waals surface area contributed by atoms with Crippen molar-refractivity contribution < 1.29 is 9.59 Å². The highest BCUT2D eigenvalue weighted by atomic mass is 32.1. The summed E-state index contributed by atoms with van der Waals surface area (Å²) < 4.78 is 0. The Bertz CT molecular complexity index is 827. The van der Waals surface area contributed by atoms with Crippen molar-refractivity contribution in [2.45, 2.75) is 0 Å². The van der Waals surface area contributed by atoms with Gasteiger partial charge in [0.1, 0.15) is 0 Å². The third-order valence-corrected chi connectivity index (χ3v) is 4.21. The Morgan fingerprint density at radius 3 is 1.17 bits per heavy atom. The molecule has 3 aromatic rings. The van der Waals surface area contributed by atoms with Crippen molar-refractivity contribution >= 4 is 35.5 Å². The van der Waals surface area contributed by atoms with Crippen LogP contribution in [0.4, 0.5) is 0 Å². The maximum atomic E-state index is 12.0. The highest BCUT2D eigenvalue weighted by Gasteiger charge is 2.17. The number of carbonyl (C=O) groups is 2. The summed E-state index contributed by atoms with van der Waals surface area (Å²) in [6, 6.07) is 22.0. The van der Waals surface area contributed by atoms with E-state index in [1.54, 1.807) is 12.1 Å². The molecule has 0 aliphatic rings. The van der Waals surface area contributed by atoms with E-state index in [4.69, 9.17) is 25.3 Å². The van der Waals surface area contributed by atoms with Crippen LogP contribution in [0.5, 0.6) is 0 Å². The number of hydrogen-bond donors (Lipinski definition) is 0. The molecule has 0 fully saturated rings. The molecule has 3 rings (SSSR count). The van der Waals surface area contributed by atoms with Gasteiger partial charge in [0, 0.05) is 21.4 Å². The normalized spacial score (nSPS) is 10.3. The fraction of sp³-hybridized carbons (Fsp3) is 0. The summed E-state index contributed by atoms with van der Waals surface area (Å²) in [5, 5.41) is -0.927. The van der Waals surface area contributed by atoms with Gasteiger partial charge >= 0.3 is 0 Å². The maximum Gasteiger partial charge on any atom is 0.0428 e. The molecule has 2 nitrogen and oxygen atoms in total. The minimum absolute atomic E-state index is 0.398. The molecule has 0 saturated heterocycles. The Morgan fingerprint density at radius 1 is 0.542 bits per heavy atom. The van der Waals surface area contributed by atoms with E-state index in [1.807, 2.05) is 60.7 Å². The molecule has 0 bridgehead atoms. The second-order valence-electron chi connectivity index (χ2n) is 5.22. The standard InChI is InChI=1S/C20H14O2S2/c21-19(23)15-11-12-16(20(22)24)18(14-9-5-2-6-10-14)17(15)13-7-3-1-4-8-13/h1-12H,(H,21,23)(H,22,24)/p-2. The maximum absolute atomic E-state index is 12.0. The van der Waals surface area contributed by atoms with E-state index in [2.05, 4.69) is 0 Å². The second-order valence-corrected chi connectivity index (χ2v) is 5.96. The number of hydrogen-bond acceptors (Lipinski definition) is 4. The quantitative estimate of drug-likeness (QED) is 0.655. The molecule has 24 heavy (non-hydrogen) atoms. The lowest BCUT2D eigenvalue weighted by molar-refractivity contribution is 0.108. The van der Waals surface area contributed by atoms with Gasteiger partial charge in [-0.25, -0.2) is 0 Å². The predicted octanol–water partition coefficient (Wildman–Crippen LogP) is 4.39. The SMILES string of the molecule is O=C([S-])c1ccc(C(=O)[S-])c(-c2ccccc2)c1-c1ccccc1. The van der Waals surface area contributed by atoms with Gasteiger partial charge in [-0.05, 0) is 22.3 Å². The zero-order valence-electron chi connectivity index (χ0n) is 12.6. The van der Waals surface area contributed by atoms with Crippen LogP contribution in [0, 0.1) is 0 Å². The van der Waals surface area contributed by atoms with E-state index in [1.165, 1.54) is 0 Å². The molecule has 0 unspecified atom stereocenters. The van der Waals surface area contributed by atoms with E-state index < -0.39 is 10.2 Å². The number of rotatable bonds is 4. The lowest BCUT2D eigenvalue weighted by atomic mass is 9.87. The molecule has 0 aromatic heterocycles. The molecular weight excluding hydrogens is 336 g/mol. The first-order valence-electron chi connectivity index (χ1n) is 7.30. The second kappa shape index (κ2) is 6.91. The number of carbonyl (C=O) groups excluding carboxylic acids is 2. The van der Waals surface area contributed by atoms with Crippen molar-refractivity contribution in [3.8, 4) is 22.3 Å². The first kappa shape index (κ1) is 16.3. The third-order valence-electron chi connectivity index (χ3n) is 3.77. The smallest absolute Gasteiger partial charge is 0.0428 e. The van der Waals surface area contributed by atoms with Crippen molar-refractivity contribution in [2.75, 3.05) is 0 Å². The Morgan fingerprint density at radius 2 is 0.875 bits per heavy atom. The summed E-state index contributed by atoms with van der Waals surface area (Å²) in [4.78, 5) is 24.0. The molecule has 0 atom stereocenters. The van der Waals surface area contributed by atoms with Crippen LogP contribution in [0.3, 0.4) is 0 Å². The fourth-order valence-electron chi connectivity index (χ4n) is 2.75. The molecule has 0 aliphatic carbocycles. The van der Waals surface area contributed by atoms with Crippen LogP contribution in [-0.2, 0) is 25.3 Å².